The van der Waals surface area contributed by atoms with Gasteiger partial charge in [-0.3, -0.25) is 14.5 Å². The Morgan fingerprint density at radius 1 is 1.47 bits per heavy atom. The van der Waals surface area contributed by atoms with Crippen molar-refractivity contribution in [3.63, 3.8) is 0 Å². The number of likely N-dealkylation sites (tertiary alicyclic amines) is 1. The zero-order chi connectivity index (χ0) is 27.4. The minimum absolute atomic E-state index is 0.0449. The van der Waals surface area contributed by atoms with Gasteiger partial charge in [0, 0.05) is 43.2 Å². The van der Waals surface area contributed by atoms with Gasteiger partial charge in [-0.1, -0.05) is 11.2 Å². The molecule has 16 heteroatoms. The zero-order valence-electron chi connectivity index (χ0n) is 20.5. The first-order chi connectivity index (χ1) is 18.2. The molecule has 1 aromatic heterocycles. The number of carbonyl (C=O) groups excluding carboxylic acids is 3. The van der Waals surface area contributed by atoms with Crippen LogP contribution in [0.5, 0.6) is 0 Å². The molecule has 0 bridgehead atoms. The first-order valence-electron chi connectivity index (χ1n) is 11.9. The molecule has 3 aliphatic heterocycles. The Morgan fingerprint density at radius 3 is 2.92 bits per heavy atom. The molecule has 2 amide bonds. The number of nitrogen functional groups attached to an aromatic ring is 1. The summed E-state index contributed by atoms with van der Waals surface area (Å²) in [4.78, 5) is 47.1. The van der Waals surface area contributed by atoms with E-state index in [1.165, 1.54) is 11.8 Å². The zero-order valence-corrected chi connectivity index (χ0v) is 22.2. The van der Waals surface area contributed by atoms with Crippen LogP contribution in [0.1, 0.15) is 25.1 Å². The second-order valence-electron chi connectivity index (χ2n) is 9.25. The molecular weight excluding hydrogens is 541 g/mol. The molecule has 3 aliphatic rings. The number of nitrogens with zero attached hydrogens (tertiary/aromatic N) is 5. The summed E-state index contributed by atoms with van der Waals surface area (Å²) in [5.41, 5.74) is 5.27. The number of oxime groups is 1. The third-order valence-electron chi connectivity index (χ3n) is 6.94. The molecule has 13 nitrogen and oxygen atoms in total. The predicted molar refractivity (Wildman–Crippen MR) is 135 cm³/mol. The Hall–Kier alpha value is -3.08. The summed E-state index contributed by atoms with van der Waals surface area (Å²) in [6, 6.07) is -0.724. The number of carboxylic acid groups (broad SMARTS) is 1. The Labute approximate surface area is 225 Å². The van der Waals surface area contributed by atoms with E-state index in [4.69, 9.17) is 5.73 Å². The van der Waals surface area contributed by atoms with Crippen LogP contribution in [-0.2, 0) is 19.2 Å². The van der Waals surface area contributed by atoms with E-state index in [9.17, 15) is 29.0 Å². The van der Waals surface area contributed by atoms with Crippen LogP contribution in [-0.4, -0.2) is 104 Å². The van der Waals surface area contributed by atoms with Gasteiger partial charge in [0.05, 0.1) is 37.8 Å². The number of carbonyl (C=O) groups is 3. The van der Waals surface area contributed by atoms with Crippen LogP contribution in [0.3, 0.4) is 0 Å². The third kappa shape index (κ3) is 5.52. The van der Waals surface area contributed by atoms with Crippen molar-refractivity contribution >= 4 is 51.9 Å². The van der Waals surface area contributed by atoms with Gasteiger partial charge >= 0.3 is 0 Å². The summed E-state index contributed by atoms with van der Waals surface area (Å²) in [6.07, 6.45) is 6.42. The van der Waals surface area contributed by atoms with Gasteiger partial charge in [-0.15, -0.1) is 11.8 Å². The maximum absolute atomic E-state index is 13.0. The summed E-state index contributed by atoms with van der Waals surface area (Å²) >= 11 is 2.08. The first kappa shape index (κ1) is 27.9. The lowest BCUT2D eigenvalue weighted by molar-refractivity contribution is -0.916. The van der Waals surface area contributed by atoms with Crippen molar-refractivity contribution in [3.05, 3.63) is 29.2 Å². The highest BCUT2D eigenvalue weighted by Gasteiger charge is 2.53. The Kier molecular flexibility index (Phi) is 8.64. The smallest absolute Gasteiger partial charge is 0.278 e. The number of hydrogen-bond donors (Lipinski definition) is 3. The van der Waals surface area contributed by atoms with Crippen molar-refractivity contribution < 1.29 is 38.3 Å². The fourth-order valence-electron chi connectivity index (χ4n) is 5.04. The Morgan fingerprint density at radius 2 is 2.26 bits per heavy atom. The number of nitrogens with one attached hydrogen (secondary N) is 1. The topological polar surface area (TPSA) is 183 Å². The summed E-state index contributed by atoms with van der Waals surface area (Å²) in [5.74, 6) is -2.95. The quantitative estimate of drug-likeness (QED) is 0.126. The predicted octanol–water partition coefficient (Wildman–Crippen LogP) is -1.28. The number of carboxylic acids is 1. The van der Waals surface area contributed by atoms with Gasteiger partial charge in [0.2, 0.25) is 11.5 Å². The van der Waals surface area contributed by atoms with Crippen LogP contribution in [0, 0.1) is 0 Å². The Balaban J connectivity index is 1.47. The second kappa shape index (κ2) is 11.8. The maximum atomic E-state index is 13.0. The van der Waals surface area contributed by atoms with Crippen LogP contribution in [0.15, 0.2) is 28.6 Å². The standard InChI is InChI=1S/C22H28FN7O6S2/c1-30(8-3-5-13(30)6-9-31)7-2-4-12-10-37-20-15(19(33)29(20)16(12)21(34)35)25-18(32)14(27-36-11-23)17-26-22(24)38-28-17/h2,4,13,15,20,31H,3,5-11H2,1H3,(H3-,24,25,26,28,32,34,35)/b4-2+,27-14-/t13?,15-,20-,30?/m1/s1. The number of fused-ring (bicyclic) bond motifs is 1. The number of thioether (sulfide) groups is 1. The van der Waals surface area contributed by atoms with E-state index in [-0.39, 0.29) is 29.0 Å². The molecule has 38 heavy (non-hydrogen) atoms. The molecule has 2 fully saturated rings. The van der Waals surface area contributed by atoms with Crippen molar-refractivity contribution in [1.82, 2.24) is 19.6 Å². The molecule has 1 aromatic rings. The van der Waals surface area contributed by atoms with E-state index < -0.39 is 41.8 Å². The number of hydrogen-bond acceptors (Lipinski definition) is 12. The van der Waals surface area contributed by atoms with Gasteiger partial charge in [0.15, 0.2) is 5.13 Å². The van der Waals surface area contributed by atoms with Crippen molar-refractivity contribution in [2.24, 2.45) is 5.16 Å². The third-order valence-corrected chi connectivity index (χ3v) is 8.79. The lowest BCUT2D eigenvalue weighted by Crippen LogP contribution is -2.71. The number of aliphatic carboxylic acids is 1. The van der Waals surface area contributed by atoms with Crippen LogP contribution in [0.2, 0.25) is 0 Å². The molecule has 0 saturated carbocycles. The highest BCUT2D eigenvalue weighted by Crippen LogP contribution is 2.40. The minimum atomic E-state index is -1.49. The van der Waals surface area contributed by atoms with E-state index in [1.807, 2.05) is 6.08 Å². The maximum Gasteiger partial charge on any atom is 0.278 e. The number of alkyl halides is 1. The van der Waals surface area contributed by atoms with E-state index in [0.29, 0.717) is 24.6 Å². The minimum Gasteiger partial charge on any atom is -0.543 e. The van der Waals surface area contributed by atoms with Crippen LogP contribution in [0.4, 0.5) is 9.52 Å². The van der Waals surface area contributed by atoms with Crippen molar-refractivity contribution in [2.75, 3.05) is 45.1 Å². The molecular formula is C22H28FN7O6S2. The van der Waals surface area contributed by atoms with Gasteiger partial charge in [0.25, 0.3) is 18.7 Å². The first-order valence-corrected chi connectivity index (χ1v) is 13.7. The van der Waals surface area contributed by atoms with Crippen LogP contribution >= 0.6 is 23.3 Å². The van der Waals surface area contributed by atoms with E-state index >= 15 is 0 Å². The summed E-state index contributed by atoms with van der Waals surface area (Å²) in [6.45, 7) is 0.448. The van der Waals surface area contributed by atoms with Crippen molar-refractivity contribution in [2.45, 2.75) is 36.7 Å². The number of amides is 2. The molecule has 0 aromatic carbocycles. The molecule has 4 rings (SSSR count). The second-order valence-corrected chi connectivity index (χ2v) is 11.1. The van der Waals surface area contributed by atoms with E-state index in [1.54, 1.807) is 6.08 Å². The molecule has 206 valence electrons. The number of allylic oxidation sites excluding steroid dienone is 1. The number of aromatic nitrogens is 2. The summed E-state index contributed by atoms with van der Waals surface area (Å²) < 4.78 is 17.1. The fourth-order valence-corrected chi connectivity index (χ4v) is 6.79. The number of anilines is 1. The SMILES string of the molecule is C[N+]1(C/C=C/C2=C(C(=O)[O-])N3C(=O)[C@@H](NC(=O)/C(=N\OCF)c4nsc(N)n4)[C@H]3SC2)CCCC1CCO. The average molecular weight is 570 g/mol. The van der Waals surface area contributed by atoms with Gasteiger partial charge in [0.1, 0.15) is 11.4 Å². The number of quaternary nitrogens is 1. The molecule has 2 saturated heterocycles. The molecule has 0 radical (unpaired) electrons. The number of nitrogens with two attached hydrogens (primary N) is 1. The molecule has 4 heterocycles. The van der Waals surface area contributed by atoms with Crippen LogP contribution in [0.25, 0.3) is 0 Å². The van der Waals surface area contributed by atoms with Gasteiger partial charge < -0.3 is 35.4 Å². The van der Waals surface area contributed by atoms with Gasteiger partial charge in [-0.2, -0.15) is 9.36 Å². The Bertz CT molecular complexity index is 1190. The molecule has 0 aliphatic carbocycles. The lowest BCUT2D eigenvalue weighted by Gasteiger charge is -2.50. The highest BCUT2D eigenvalue weighted by molar-refractivity contribution is 8.00. The van der Waals surface area contributed by atoms with Crippen molar-refractivity contribution in [1.29, 1.82) is 0 Å². The number of aliphatic hydroxyl groups excluding tert-OH is 1. The van der Waals surface area contributed by atoms with Crippen molar-refractivity contribution in [3.8, 4) is 0 Å². The molecule has 4 atom stereocenters. The largest absolute Gasteiger partial charge is 0.543 e. The number of halogens is 1. The van der Waals surface area contributed by atoms with Gasteiger partial charge in [-0.25, -0.2) is 4.39 Å². The average Bonchev–Trinajstić information content (AvgIpc) is 3.47. The van der Waals surface area contributed by atoms with E-state index in [2.05, 4.69) is 31.7 Å². The highest BCUT2D eigenvalue weighted by atomic mass is 32.2. The normalized spacial score (nSPS) is 27.4. The monoisotopic (exact) mass is 569 g/mol. The number of β-lactam (4-membered cyclic amide) rings is 1. The van der Waals surface area contributed by atoms with Crippen LogP contribution < -0.4 is 16.2 Å². The lowest BCUT2D eigenvalue weighted by atomic mass is 10.0. The van der Waals surface area contributed by atoms with Gasteiger partial charge in [-0.05, 0) is 11.6 Å². The molecule has 0 spiro atoms. The number of aliphatic hydroxyl groups is 1. The molecule has 4 N–H and O–H groups in total. The summed E-state index contributed by atoms with van der Waals surface area (Å²) in [7, 11) is 2.12. The fraction of sp³-hybridized carbons (Fsp3) is 0.545. The number of rotatable bonds is 11. The summed E-state index contributed by atoms with van der Waals surface area (Å²) in [5, 5.41) is 26.6. The number of likely N-dealkylation sites (N-methyl/N-ethyl adjacent to an activating group) is 1. The van der Waals surface area contributed by atoms with E-state index in [0.717, 1.165) is 40.3 Å². The molecule has 2 unspecified atom stereocenters.